The number of aromatic nitrogens is 2. The van der Waals surface area contributed by atoms with Crippen molar-refractivity contribution in [2.75, 3.05) is 38.0 Å². The standard InChI is InChI=1S/C25H34N6O3/c1-18(32)31-10-7-21(8-11-31)29-24-12-22(27-17-28-24)13-25(34)26-14-23(33)16-30-9-6-19-4-2-3-5-20(19)15-30/h2-5,12,17,21,23,33H,6-11,13-16H2,1H3,(H,26,34)(H,27,28,29)/t23-/m0/s1. The first-order chi connectivity index (χ1) is 16.5. The fourth-order valence-electron chi connectivity index (χ4n) is 4.65. The van der Waals surface area contributed by atoms with Gasteiger partial charge in [0.1, 0.15) is 12.1 Å². The molecule has 1 aromatic carbocycles. The van der Waals surface area contributed by atoms with E-state index in [1.807, 2.05) is 11.0 Å². The molecule has 0 bridgehead atoms. The van der Waals surface area contributed by atoms with E-state index in [0.717, 1.165) is 45.4 Å². The van der Waals surface area contributed by atoms with E-state index in [4.69, 9.17) is 0 Å². The normalized spacial score (nSPS) is 17.6. The van der Waals surface area contributed by atoms with Gasteiger partial charge in [-0.1, -0.05) is 24.3 Å². The van der Waals surface area contributed by atoms with Crippen LogP contribution in [0.5, 0.6) is 0 Å². The van der Waals surface area contributed by atoms with E-state index >= 15 is 0 Å². The Morgan fingerprint density at radius 2 is 1.91 bits per heavy atom. The Kier molecular flexibility index (Phi) is 8.08. The fraction of sp³-hybridized carbons (Fsp3) is 0.520. The topological polar surface area (TPSA) is 111 Å². The van der Waals surface area contributed by atoms with E-state index in [-0.39, 0.29) is 30.8 Å². The van der Waals surface area contributed by atoms with Gasteiger partial charge in [0.15, 0.2) is 0 Å². The van der Waals surface area contributed by atoms with Crippen LogP contribution in [0.25, 0.3) is 0 Å². The summed E-state index contributed by atoms with van der Waals surface area (Å²) < 4.78 is 0. The van der Waals surface area contributed by atoms with E-state index in [1.54, 1.807) is 13.0 Å². The molecule has 9 heteroatoms. The Hall–Kier alpha value is -3.04. The first kappa shape index (κ1) is 24.1. The van der Waals surface area contributed by atoms with Gasteiger partial charge in [0.25, 0.3) is 0 Å². The average molecular weight is 467 g/mol. The third kappa shape index (κ3) is 6.74. The number of benzene rings is 1. The van der Waals surface area contributed by atoms with Crippen molar-refractivity contribution in [2.45, 2.75) is 51.3 Å². The quantitative estimate of drug-likeness (QED) is 0.532. The largest absolute Gasteiger partial charge is 0.390 e. The van der Waals surface area contributed by atoms with E-state index in [1.165, 1.54) is 17.5 Å². The van der Waals surface area contributed by atoms with Gasteiger partial charge in [0.2, 0.25) is 11.8 Å². The van der Waals surface area contributed by atoms with Crippen molar-refractivity contribution >= 4 is 17.6 Å². The van der Waals surface area contributed by atoms with Crippen LogP contribution in [0.2, 0.25) is 0 Å². The second-order valence-corrected chi connectivity index (χ2v) is 9.21. The highest BCUT2D eigenvalue weighted by Gasteiger charge is 2.21. The highest BCUT2D eigenvalue weighted by Crippen LogP contribution is 2.18. The summed E-state index contributed by atoms with van der Waals surface area (Å²) in [7, 11) is 0. The van der Waals surface area contributed by atoms with Crippen LogP contribution in [0.15, 0.2) is 36.7 Å². The molecule has 1 atom stereocenters. The van der Waals surface area contributed by atoms with Crippen LogP contribution in [0.3, 0.4) is 0 Å². The van der Waals surface area contributed by atoms with Gasteiger partial charge in [-0.3, -0.25) is 14.5 Å². The second kappa shape index (κ2) is 11.4. The highest BCUT2D eigenvalue weighted by molar-refractivity contribution is 5.78. The zero-order valence-corrected chi connectivity index (χ0v) is 19.7. The number of amides is 2. The van der Waals surface area contributed by atoms with Crippen LogP contribution >= 0.6 is 0 Å². The number of rotatable bonds is 8. The number of carbonyl (C=O) groups is 2. The lowest BCUT2D eigenvalue weighted by atomic mass is 10.00. The number of piperidine rings is 1. The summed E-state index contributed by atoms with van der Waals surface area (Å²) in [6.07, 6.45) is 3.66. The highest BCUT2D eigenvalue weighted by atomic mass is 16.3. The van der Waals surface area contributed by atoms with Crippen LogP contribution in [0.4, 0.5) is 5.82 Å². The monoisotopic (exact) mass is 466 g/mol. The fourth-order valence-corrected chi connectivity index (χ4v) is 4.65. The number of fused-ring (bicyclic) bond motifs is 1. The number of likely N-dealkylation sites (tertiary alicyclic amines) is 1. The number of aliphatic hydroxyl groups excluding tert-OH is 1. The summed E-state index contributed by atoms with van der Waals surface area (Å²) in [6, 6.07) is 10.4. The SMILES string of the molecule is CC(=O)N1CCC(Nc2cc(CC(=O)NC[C@H](O)CN3CCc4ccccc4C3)ncn2)CC1. The van der Waals surface area contributed by atoms with Crippen LogP contribution in [-0.2, 0) is 29.0 Å². The summed E-state index contributed by atoms with van der Waals surface area (Å²) in [6.45, 7) is 5.54. The molecule has 4 rings (SSSR count). The van der Waals surface area contributed by atoms with Crippen LogP contribution < -0.4 is 10.6 Å². The molecule has 9 nitrogen and oxygen atoms in total. The molecular formula is C25H34N6O3. The molecule has 34 heavy (non-hydrogen) atoms. The van der Waals surface area contributed by atoms with E-state index in [0.29, 0.717) is 18.1 Å². The first-order valence-electron chi connectivity index (χ1n) is 12.0. The molecule has 0 spiro atoms. The Balaban J connectivity index is 1.19. The van der Waals surface area contributed by atoms with Crippen molar-refractivity contribution in [3.05, 3.63) is 53.5 Å². The Labute approximate surface area is 200 Å². The van der Waals surface area contributed by atoms with Gasteiger partial charge in [-0.2, -0.15) is 0 Å². The minimum absolute atomic E-state index is 0.111. The van der Waals surface area contributed by atoms with Gasteiger partial charge < -0.3 is 20.6 Å². The molecule has 2 aromatic rings. The van der Waals surface area contributed by atoms with Crippen LogP contribution in [0.1, 0.15) is 36.6 Å². The van der Waals surface area contributed by atoms with Crippen molar-refractivity contribution in [2.24, 2.45) is 0 Å². The lowest BCUT2D eigenvalue weighted by molar-refractivity contribution is -0.129. The van der Waals surface area contributed by atoms with Gasteiger partial charge in [0.05, 0.1) is 18.2 Å². The maximum absolute atomic E-state index is 12.4. The molecule has 2 amide bonds. The number of hydrogen-bond donors (Lipinski definition) is 3. The molecule has 0 unspecified atom stereocenters. The number of nitrogens with one attached hydrogen (secondary N) is 2. The van der Waals surface area contributed by atoms with Crippen LogP contribution in [0, 0.1) is 0 Å². The van der Waals surface area contributed by atoms with E-state index < -0.39 is 6.10 Å². The predicted octanol–water partition coefficient (Wildman–Crippen LogP) is 0.977. The van der Waals surface area contributed by atoms with Crippen molar-refractivity contribution in [1.29, 1.82) is 0 Å². The second-order valence-electron chi connectivity index (χ2n) is 9.21. The summed E-state index contributed by atoms with van der Waals surface area (Å²) in [5, 5.41) is 16.6. The smallest absolute Gasteiger partial charge is 0.226 e. The number of anilines is 1. The summed E-state index contributed by atoms with van der Waals surface area (Å²) in [5.41, 5.74) is 3.31. The van der Waals surface area contributed by atoms with Crippen molar-refractivity contribution in [3.63, 3.8) is 0 Å². The third-order valence-electron chi connectivity index (χ3n) is 6.57. The van der Waals surface area contributed by atoms with Crippen molar-refractivity contribution < 1.29 is 14.7 Å². The lowest BCUT2D eigenvalue weighted by Crippen LogP contribution is -2.42. The number of carbonyl (C=O) groups excluding carboxylic acids is 2. The molecular weight excluding hydrogens is 432 g/mol. The van der Waals surface area contributed by atoms with E-state index in [9.17, 15) is 14.7 Å². The molecule has 3 heterocycles. The predicted molar refractivity (Wildman–Crippen MR) is 129 cm³/mol. The zero-order chi connectivity index (χ0) is 23.9. The number of aliphatic hydroxyl groups is 1. The average Bonchev–Trinajstić information content (AvgIpc) is 2.83. The maximum atomic E-state index is 12.4. The van der Waals surface area contributed by atoms with Crippen molar-refractivity contribution in [3.8, 4) is 0 Å². The Morgan fingerprint density at radius 3 is 2.68 bits per heavy atom. The summed E-state index contributed by atoms with van der Waals surface area (Å²) >= 11 is 0. The van der Waals surface area contributed by atoms with Gasteiger partial charge in [-0.15, -0.1) is 0 Å². The number of nitrogens with zero attached hydrogens (tertiary/aromatic N) is 4. The van der Waals surface area contributed by atoms with Crippen molar-refractivity contribution in [1.82, 2.24) is 25.1 Å². The molecule has 2 aliphatic heterocycles. The maximum Gasteiger partial charge on any atom is 0.226 e. The minimum Gasteiger partial charge on any atom is -0.390 e. The van der Waals surface area contributed by atoms with Crippen LogP contribution in [-0.4, -0.2) is 81.6 Å². The Bertz CT molecular complexity index is 992. The molecule has 0 radical (unpaired) electrons. The van der Waals surface area contributed by atoms with E-state index in [2.05, 4.69) is 43.7 Å². The lowest BCUT2D eigenvalue weighted by Gasteiger charge is -2.31. The van der Waals surface area contributed by atoms with Gasteiger partial charge in [-0.25, -0.2) is 9.97 Å². The molecule has 1 saturated heterocycles. The Morgan fingerprint density at radius 1 is 1.15 bits per heavy atom. The zero-order valence-electron chi connectivity index (χ0n) is 19.7. The van der Waals surface area contributed by atoms with Gasteiger partial charge in [-0.05, 0) is 30.4 Å². The number of β-amino-alcohol motifs (C(OH)–C–C–N with tert-alkyl or cyclic N) is 1. The molecule has 0 saturated carbocycles. The molecule has 182 valence electrons. The molecule has 1 aromatic heterocycles. The third-order valence-corrected chi connectivity index (χ3v) is 6.57. The minimum atomic E-state index is -0.627. The molecule has 3 N–H and O–H groups in total. The molecule has 1 fully saturated rings. The number of hydrogen-bond acceptors (Lipinski definition) is 7. The molecule has 2 aliphatic rings. The summed E-state index contributed by atoms with van der Waals surface area (Å²) in [4.78, 5) is 36.5. The molecule has 0 aliphatic carbocycles. The summed E-state index contributed by atoms with van der Waals surface area (Å²) in [5.74, 6) is 0.618. The van der Waals surface area contributed by atoms with Gasteiger partial charge in [0, 0.05) is 58.3 Å². The van der Waals surface area contributed by atoms with Gasteiger partial charge >= 0.3 is 0 Å². The first-order valence-corrected chi connectivity index (χ1v) is 12.0.